The molecule has 3 aromatic carbocycles. The Morgan fingerprint density at radius 2 is 1.48 bits per heavy atom. The minimum Gasteiger partial charge on any atom is -1.00 e. The van der Waals surface area contributed by atoms with Gasteiger partial charge in [-0.1, -0.05) is 30.3 Å². The van der Waals surface area contributed by atoms with Crippen LogP contribution in [0.1, 0.15) is 12.6 Å². The molecule has 29 heavy (non-hydrogen) atoms. The van der Waals surface area contributed by atoms with E-state index in [1.807, 2.05) is 62.4 Å². The molecule has 4 nitrogen and oxygen atoms in total. The summed E-state index contributed by atoms with van der Waals surface area (Å²) < 4.78 is 13.4. The van der Waals surface area contributed by atoms with Crippen molar-refractivity contribution in [3.8, 4) is 0 Å². The van der Waals surface area contributed by atoms with Crippen LogP contribution in [-0.2, 0) is 0 Å². The van der Waals surface area contributed by atoms with E-state index in [0.29, 0.717) is 5.95 Å². The van der Waals surface area contributed by atoms with Gasteiger partial charge in [0.1, 0.15) is 11.6 Å². The number of fused-ring (bicyclic) bond motifs is 1. The number of anilines is 4. The molecule has 0 radical (unpaired) electrons. The monoisotopic (exact) mass is 430 g/mol. The second-order valence-corrected chi connectivity index (χ2v) is 6.44. The number of para-hydroxylation sites is 2. The Bertz CT molecular complexity index is 1140. The molecule has 0 aliphatic rings. The van der Waals surface area contributed by atoms with Gasteiger partial charge in [0.15, 0.2) is 0 Å². The Hall–Kier alpha value is -2.89. The van der Waals surface area contributed by atoms with Crippen molar-refractivity contribution in [2.24, 2.45) is 0 Å². The summed E-state index contributed by atoms with van der Waals surface area (Å²) in [6.07, 6.45) is 0. The zero-order valence-electron chi connectivity index (χ0n) is 16.9. The first-order chi connectivity index (χ1) is 13.1. The number of aryl methyl sites for hydroxylation is 2. The summed E-state index contributed by atoms with van der Waals surface area (Å²) in [6.45, 7) is 3.89. The zero-order chi connectivity index (χ0) is 18.8. The molecular weight excluding hydrogens is 410 g/mol. The number of hydrogen-bond donors (Lipinski definition) is 2. The van der Waals surface area contributed by atoms with Gasteiger partial charge < -0.3 is 23.0 Å². The summed E-state index contributed by atoms with van der Waals surface area (Å²) in [6, 6.07) is 20.5. The van der Waals surface area contributed by atoms with Gasteiger partial charge in [-0.2, -0.15) is 4.98 Å². The second-order valence-electron chi connectivity index (χ2n) is 6.44. The van der Waals surface area contributed by atoms with Gasteiger partial charge in [0.05, 0.1) is 5.52 Å². The van der Waals surface area contributed by atoms with Crippen LogP contribution in [0.15, 0.2) is 66.7 Å². The molecule has 4 aromatic rings. The maximum absolute atomic E-state index is 13.4. The smallest absolute Gasteiger partial charge is 1.00 e. The van der Waals surface area contributed by atoms with Crippen LogP contribution in [-0.4, -0.2) is 9.97 Å². The maximum atomic E-state index is 13.4. The molecule has 0 aliphatic heterocycles. The number of hydrogen-bond acceptors (Lipinski definition) is 4. The molecule has 0 saturated heterocycles. The van der Waals surface area contributed by atoms with Crippen molar-refractivity contribution in [3.63, 3.8) is 0 Å². The minimum absolute atomic E-state index is 0. The summed E-state index contributed by atoms with van der Waals surface area (Å²) >= 11 is 0. The molecule has 1 aromatic heterocycles. The van der Waals surface area contributed by atoms with Gasteiger partial charge in [-0.05, 0) is 61.4 Å². The van der Waals surface area contributed by atoms with Gasteiger partial charge in [-0.15, -0.1) is 12.4 Å². The molecular formula is C22H21Cl2FN4. The summed E-state index contributed by atoms with van der Waals surface area (Å²) in [5, 5.41) is 7.55. The van der Waals surface area contributed by atoms with Crippen LogP contribution in [0.25, 0.3) is 10.9 Å². The lowest BCUT2D eigenvalue weighted by atomic mass is 10.2. The van der Waals surface area contributed by atoms with Gasteiger partial charge in [-0.25, -0.2) is 9.37 Å². The molecule has 0 saturated carbocycles. The normalized spacial score (nSPS) is 10.0. The predicted molar refractivity (Wildman–Crippen MR) is 117 cm³/mol. The lowest BCUT2D eigenvalue weighted by Gasteiger charge is -2.14. The first-order valence-corrected chi connectivity index (χ1v) is 8.73. The van der Waals surface area contributed by atoms with Crippen molar-refractivity contribution in [3.05, 3.63) is 83.7 Å². The molecule has 0 unspecified atom stereocenters. The Balaban J connectivity index is 0.00000150. The fourth-order valence-corrected chi connectivity index (χ4v) is 2.96. The SMILES string of the molecule is Cc1cc(F)ccc1Nc1nc(Nc2ccccc2C)c2ccccc2n1.Cl.[Cl-].[H+]. The van der Waals surface area contributed by atoms with E-state index in [1.165, 1.54) is 12.1 Å². The van der Waals surface area contributed by atoms with E-state index in [1.54, 1.807) is 6.07 Å². The topological polar surface area (TPSA) is 49.8 Å². The molecule has 0 amide bonds. The highest BCUT2D eigenvalue weighted by Gasteiger charge is 2.10. The third kappa shape index (κ3) is 4.94. The quantitative estimate of drug-likeness (QED) is 0.520. The summed E-state index contributed by atoms with van der Waals surface area (Å²) in [4.78, 5) is 9.27. The molecule has 4 rings (SSSR count). The van der Waals surface area contributed by atoms with Gasteiger partial charge in [0.25, 0.3) is 0 Å². The summed E-state index contributed by atoms with van der Waals surface area (Å²) in [5.41, 5.74) is 4.51. The first kappa shape index (κ1) is 22.4. The molecule has 0 atom stereocenters. The number of rotatable bonds is 4. The van der Waals surface area contributed by atoms with E-state index >= 15 is 0 Å². The minimum atomic E-state index is -0.264. The molecule has 2 N–H and O–H groups in total. The van der Waals surface area contributed by atoms with Crippen LogP contribution in [0.3, 0.4) is 0 Å². The molecule has 0 aliphatic carbocycles. The van der Waals surface area contributed by atoms with Crippen LogP contribution in [0.5, 0.6) is 0 Å². The average Bonchev–Trinajstić information content (AvgIpc) is 2.66. The molecule has 0 spiro atoms. The van der Waals surface area contributed by atoms with E-state index in [0.717, 1.165) is 39.2 Å². The van der Waals surface area contributed by atoms with E-state index in [-0.39, 0.29) is 32.1 Å². The zero-order valence-corrected chi connectivity index (χ0v) is 17.5. The van der Waals surface area contributed by atoms with Crippen molar-refractivity contribution in [1.82, 2.24) is 9.97 Å². The number of nitrogens with one attached hydrogen (secondary N) is 2. The lowest BCUT2D eigenvalue weighted by molar-refractivity contribution is -0.00000638. The lowest BCUT2D eigenvalue weighted by Crippen LogP contribution is -3.00. The Morgan fingerprint density at radius 1 is 0.793 bits per heavy atom. The third-order valence-electron chi connectivity index (χ3n) is 4.44. The van der Waals surface area contributed by atoms with Crippen molar-refractivity contribution >= 4 is 46.5 Å². The van der Waals surface area contributed by atoms with Crippen LogP contribution >= 0.6 is 12.4 Å². The fourth-order valence-electron chi connectivity index (χ4n) is 2.96. The Kier molecular flexibility index (Phi) is 7.37. The standard InChI is InChI=1S/C22H19FN4.2ClH/c1-14-7-3-5-9-18(14)24-21-17-8-4-6-10-20(17)26-22(27-21)25-19-12-11-16(23)13-15(19)2;;/h3-13H,1-2H3,(H2,24,25,26,27);2*1H. The number of aromatic nitrogens is 2. The molecule has 7 heteroatoms. The molecule has 1 heterocycles. The van der Waals surface area contributed by atoms with Crippen molar-refractivity contribution in [2.45, 2.75) is 13.8 Å². The van der Waals surface area contributed by atoms with Gasteiger partial charge in [0, 0.05) is 16.8 Å². The van der Waals surface area contributed by atoms with E-state index in [4.69, 9.17) is 0 Å². The summed E-state index contributed by atoms with van der Waals surface area (Å²) in [5.74, 6) is 0.913. The molecule has 0 fully saturated rings. The Labute approximate surface area is 182 Å². The van der Waals surface area contributed by atoms with Crippen LogP contribution < -0.4 is 23.0 Å². The number of benzene rings is 3. The van der Waals surface area contributed by atoms with Crippen LogP contribution in [0.2, 0.25) is 0 Å². The average molecular weight is 431 g/mol. The van der Waals surface area contributed by atoms with Crippen molar-refractivity contribution in [1.29, 1.82) is 0 Å². The van der Waals surface area contributed by atoms with Gasteiger partial charge in [-0.3, -0.25) is 0 Å². The van der Waals surface area contributed by atoms with E-state index in [2.05, 4.69) is 20.6 Å². The molecule has 0 bridgehead atoms. The van der Waals surface area contributed by atoms with Gasteiger partial charge in [0.2, 0.25) is 5.95 Å². The van der Waals surface area contributed by atoms with Crippen molar-refractivity contribution < 1.29 is 18.2 Å². The highest BCUT2D eigenvalue weighted by molar-refractivity contribution is 5.92. The van der Waals surface area contributed by atoms with Crippen LogP contribution in [0.4, 0.5) is 27.5 Å². The van der Waals surface area contributed by atoms with E-state index < -0.39 is 0 Å². The molecule has 150 valence electrons. The first-order valence-electron chi connectivity index (χ1n) is 8.73. The van der Waals surface area contributed by atoms with Gasteiger partial charge >= 0.3 is 1.43 Å². The fraction of sp³-hybridized carbons (Fsp3) is 0.0909. The highest BCUT2D eigenvalue weighted by Crippen LogP contribution is 2.28. The summed E-state index contributed by atoms with van der Waals surface area (Å²) in [7, 11) is 0. The van der Waals surface area contributed by atoms with Crippen molar-refractivity contribution in [2.75, 3.05) is 10.6 Å². The second kappa shape index (κ2) is 9.54. The number of nitrogens with zero attached hydrogens (tertiary/aromatic N) is 2. The third-order valence-corrected chi connectivity index (χ3v) is 4.44. The predicted octanol–water partition coefficient (Wildman–Crippen LogP) is 3.41. The highest BCUT2D eigenvalue weighted by atomic mass is 35.5. The van der Waals surface area contributed by atoms with E-state index in [9.17, 15) is 4.39 Å². The largest absolute Gasteiger partial charge is 1.00 e. The maximum Gasteiger partial charge on any atom is 1.00 e. The number of halogens is 3. The van der Waals surface area contributed by atoms with Crippen LogP contribution in [0, 0.1) is 19.7 Å². The Morgan fingerprint density at radius 3 is 2.24 bits per heavy atom.